The molecule has 33 heavy (non-hydrogen) atoms. The summed E-state index contributed by atoms with van der Waals surface area (Å²) in [5.41, 5.74) is 1.03. The number of amides is 2. The molecule has 8 nitrogen and oxygen atoms in total. The van der Waals surface area contributed by atoms with Crippen LogP contribution < -0.4 is 14.8 Å². The van der Waals surface area contributed by atoms with Gasteiger partial charge in [0.2, 0.25) is 0 Å². The Hall–Kier alpha value is -3.50. The molecule has 3 aromatic rings. The molecular formula is C23H24FN3O5S. The Balaban J connectivity index is 1.62. The van der Waals surface area contributed by atoms with E-state index in [9.17, 15) is 14.0 Å². The predicted molar refractivity (Wildman–Crippen MR) is 125 cm³/mol. The van der Waals surface area contributed by atoms with Crippen molar-refractivity contribution in [2.45, 2.75) is 6.92 Å². The third-order valence-electron chi connectivity index (χ3n) is 4.79. The third-order valence-corrected chi connectivity index (χ3v) is 5.93. The summed E-state index contributed by atoms with van der Waals surface area (Å²) in [5, 5.41) is 17.4. The standard InChI is InChI=1S/C23H24FN3O5S/c1-14-17(16-5-4-6-18(24)22(16)33-14)12-26-27(2)21(29)13-25-23(30)15-7-8-19(32-10-9-28)20(11-15)31-3/h4-8,11-12,28H,9-10,13H2,1-3H3,(H,25,30). The number of benzene rings is 2. The van der Waals surface area contributed by atoms with E-state index in [1.165, 1.54) is 49.9 Å². The molecule has 1 aromatic heterocycles. The van der Waals surface area contributed by atoms with Crippen LogP contribution in [-0.4, -0.2) is 62.1 Å². The summed E-state index contributed by atoms with van der Waals surface area (Å²) >= 11 is 1.33. The van der Waals surface area contributed by atoms with Crippen LogP contribution in [0, 0.1) is 12.7 Å². The van der Waals surface area contributed by atoms with Crippen molar-refractivity contribution in [3.8, 4) is 11.5 Å². The average Bonchev–Trinajstić information content (AvgIpc) is 3.15. The van der Waals surface area contributed by atoms with Gasteiger partial charge in [-0.2, -0.15) is 5.10 Å². The second-order valence-corrected chi connectivity index (χ2v) is 8.20. The van der Waals surface area contributed by atoms with Gasteiger partial charge in [-0.15, -0.1) is 11.3 Å². The zero-order valence-electron chi connectivity index (χ0n) is 18.4. The number of halogens is 1. The minimum absolute atomic E-state index is 0.0961. The Labute approximate surface area is 194 Å². The maximum absolute atomic E-state index is 14.0. The molecule has 1 heterocycles. The number of fused-ring (bicyclic) bond motifs is 1. The fourth-order valence-corrected chi connectivity index (χ4v) is 4.08. The highest BCUT2D eigenvalue weighted by Crippen LogP contribution is 2.31. The first-order valence-corrected chi connectivity index (χ1v) is 10.9. The maximum Gasteiger partial charge on any atom is 0.261 e. The van der Waals surface area contributed by atoms with Crippen molar-refractivity contribution < 1.29 is 28.6 Å². The van der Waals surface area contributed by atoms with Gasteiger partial charge in [0.05, 0.1) is 31.2 Å². The lowest BCUT2D eigenvalue weighted by atomic mass is 10.1. The molecule has 0 aliphatic rings. The number of hydrogen-bond acceptors (Lipinski definition) is 7. The van der Waals surface area contributed by atoms with Crippen LogP contribution in [0.15, 0.2) is 41.5 Å². The zero-order chi connectivity index (χ0) is 24.0. The van der Waals surface area contributed by atoms with Crippen LogP contribution in [0.5, 0.6) is 11.5 Å². The molecule has 0 saturated carbocycles. The van der Waals surface area contributed by atoms with E-state index >= 15 is 0 Å². The number of hydrogen-bond donors (Lipinski definition) is 2. The van der Waals surface area contributed by atoms with Gasteiger partial charge in [0, 0.05) is 28.4 Å². The van der Waals surface area contributed by atoms with Crippen molar-refractivity contribution in [2.24, 2.45) is 5.10 Å². The molecule has 2 aromatic carbocycles. The SMILES string of the molecule is COc1cc(C(=O)NCC(=O)N(C)N=Cc2c(C)sc3c(F)cccc23)ccc1OCCO. The number of methoxy groups -OCH3 is 1. The number of carbonyl (C=O) groups is 2. The van der Waals surface area contributed by atoms with Crippen LogP contribution in [0.1, 0.15) is 20.8 Å². The highest BCUT2D eigenvalue weighted by Gasteiger charge is 2.15. The van der Waals surface area contributed by atoms with Crippen molar-refractivity contribution in [1.29, 1.82) is 0 Å². The first kappa shape index (κ1) is 24.1. The molecule has 0 fully saturated rings. The highest BCUT2D eigenvalue weighted by molar-refractivity contribution is 7.19. The number of rotatable bonds is 9. The minimum atomic E-state index is -0.470. The summed E-state index contributed by atoms with van der Waals surface area (Å²) in [6.07, 6.45) is 1.52. The van der Waals surface area contributed by atoms with Gasteiger partial charge < -0.3 is 19.9 Å². The summed E-state index contributed by atoms with van der Waals surface area (Å²) < 4.78 is 25.1. The van der Waals surface area contributed by atoms with Crippen molar-refractivity contribution in [1.82, 2.24) is 10.3 Å². The van der Waals surface area contributed by atoms with Gasteiger partial charge in [-0.25, -0.2) is 9.40 Å². The van der Waals surface area contributed by atoms with E-state index < -0.39 is 11.8 Å². The Kier molecular flexibility index (Phi) is 7.96. The zero-order valence-corrected chi connectivity index (χ0v) is 19.2. The molecule has 2 amide bonds. The first-order chi connectivity index (χ1) is 15.8. The van der Waals surface area contributed by atoms with Gasteiger partial charge in [0.25, 0.3) is 11.8 Å². The molecule has 10 heteroatoms. The number of thiophene rings is 1. The van der Waals surface area contributed by atoms with Crippen LogP contribution in [0.2, 0.25) is 0 Å². The molecule has 0 aliphatic heterocycles. The number of aryl methyl sites for hydroxylation is 1. The summed E-state index contributed by atoms with van der Waals surface area (Å²) in [4.78, 5) is 25.7. The van der Waals surface area contributed by atoms with Gasteiger partial charge in [-0.1, -0.05) is 12.1 Å². The Morgan fingerprint density at radius 2 is 2.06 bits per heavy atom. The lowest BCUT2D eigenvalue weighted by Crippen LogP contribution is -2.36. The number of nitrogens with zero attached hydrogens (tertiary/aromatic N) is 2. The summed E-state index contributed by atoms with van der Waals surface area (Å²) in [7, 11) is 2.91. The molecule has 0 saturated heterocycles. The fraction of sp³-hybridized carbons (Fsp3) is 0.261. The highest BCUT2D eigenvalue weighted by atomic mass is 32.1. The van der Waals surface area contributed by atoms with Gasteiger partial charge >= 0.3 is 0 Å². The number of nitrogens with one attached hydrogen (secondary N) is 1. The van der Waals surface area contributed by atoms with E-state index in [1.807, 2.05) is 6.92 Å². The van der Waals surface area contributed by atoms with Crippen molar-refractivity contribution in [2.75, 3.05) is 33.9 Å². The van der Waals surface area contributed by atoms with Crippen LogP contribution in [-0.2, 0) is 4.79 Å². The monoisotopic (exact) mass is 473 g/mol. The average molecular weight is 474 g/mol. The number of aliphatic hydroxyl groups excluding tert-OH is 1. The second-order valence-electron chi connectivity index (χ2n) is 6.97. The van der Waals surface area contributed by atoms with Gasteiger partial charge in [0.1, 0.15) is 12.4 Å². The number of aliphatic hydroxyl groups is 1. The lowest BCUT2D eigenvalue weighted by molar-refractivity contribution is -0.128. The molecule has 0 aliphatic carbocycles. The van der Waals surface area contributed by atoms with Crippen molar-refractivity contribution >= 4 is 39.5 Å². The lowest BCUT2D eigenvalue weighted by Gasteiger charge is -2.13. The predicted octanol–water partition coefficient (Wildman–Crippen LogP) is 2.95. The van der Waals surface area contributed by atoms with E-state index in [0.29, 0.717) is 16.2 Å². The number of ether oxygens (including phenoxy) is 2. The van der Waals surface area contributed by atoms with E-state index in [-0.39, 0.29) is 31.1 Å². The second kappa shape index (κ2) is 10.9. The third kappa shape index (κ3) is 5.65. The molecule has 2 N–H and O–H groups in total. The number of hydrazone groups is 1. The quantitative estimate of drug-likeness (QED) is 0.368. The Morgan fingerprint density at radius 3 is 2.79 bits per heavy atom. The summed E-state index contributed by atoms with van der Waals surface area (Å²) in [6, 6.07) is 9.41. The molecule has 3 rings (SSSR count). The molecule has 0 bridgehead atoms. The summed E-state index contributed by atoms with van der Waals surface area (Å²) in [6.45, 7) is 1.54. The van der Waals surface area contributed by atoms with E-state index in [4.69, 9.17) is 14.6 Å². The minimum Gasteiger partial charge on any atom is -0.493 e. The number of carbonyl (C=O) groups excluding carboxylic acids is 2. The van der Waals surface area contributed by atoms with E-state index in [1.54, 1.807) is 18.2 Å². The van der Waals surface area contributed by atoms with Crippen molar-refractivity contribution in [3.63, 3.8) is 0 Å². The maximum atomic E-state index is 14.0. The Morgan fingerprint density at radius 1 is 1.27 bits per heavy atom. The largest absolute Gasteiger partial charge is 0.493 e. The van der Waals surface area contributed by atoms with Crippen molar-refractivity contribution in [3.05, 3.63) is 58.2 Å². The number of likely N-dealkylation sites (N-methyl/N-ethyl adjacent to an activating group) is 1. The molecule has 0 atom stereocenters. The molecular weight excluding hydrogens is 449 g/mol. The molecule has 0 unspecified atom stereocenters. The fourth-order valence-electron chi connectivity index (χ4n) is 3.05. The van der Waals surface area contributed by atoms with Crippen LogP contribution in [0.4, 0.5) is 4.39 Å². The van der Waals surface area contributed by atoms with Gasteiger partial charge in [-0.05, 0) is 31.2 Å². The first-order valence-electron chi connectivity index (χ1n) is 10.0. The summed E-state index contributed by atoms with van der Waals surface area (Å²) in [5.74, 6) is -0.471. The van der Waals surface area contributed by atoms with E-state index in [2.05, 4.69) is 10.4 Å². The normalized spacial score (nSPS) is 11.1. The van der Waals surface area contributed by atoms with Crippen LogP contribution >= 0.6 is 11.3 Å². The molecule has 0 radical (unpaired) electrons. The topological polar surface area (TPSA) is 100 Å². The Bertz CT molecular complexity index is 1190. The van der Waals surface area contributed by atoms with Crippen LogP contribution in [0.25, 0.3) is 10.1 Å². The van der Waals surface area contributed by atoms with Gasteiger partial charge in [0.15, 0.2) is 11.5 Å². The smallest absolute Gasteiger partial charge is 0.261 e. The van der Waals surface area contributed by atoms with E-state index in [0.717, 1.165) is 20.8 Å². The molecule has 0 spiro atoms. The van der Waals surface area contributed by atoms with Crippen LogP contribution in [0.3, 0.4) is 0 Å². The van der Waals surface area contributed by atoms with Gasteiger partial charge in [-0.3, -0.25) is 9.59 Å². The molecule has 174 valence electrons.